The molecule has 5 heteroatoms. The quantitative estimate of drug-likeness (QED) is 0.708. The summed E-state index contributed by atoms with van der Waals surface area (Å²) in [6, 6.07) is 9.75. The predicted octanol–water partition coefficient (Wildman–Crippen LogP) is 4.15. The normalized spacial score (nSPS) is 13.2. The Balaban J connectivity index is 2.00. The monoisotopic (exact) mass is 342 g/mol. The van der Waals surface area contributed by atoms with Crippen LogP contribution in [0.3, 0.4) is 0 Å². The zero-order valence-electron chi connectivity index (χ0n) is 14.7. The zero-order valence-corrected chi connectivity index (χ0v) is 14.7. The van der Waals surface area contributed by atoms with Gasteiger partial charge in [0.1, 0.15) is 12.4 Å². The highest BCUT2D eigenvalue weighted by Crippen LogP contribution is 2.43. The molecule has 0 N–H and O–H groups in total. The van der Waals surface area contributed by atoms with E-state index in [4.69, 9.17) is 23.7 Å². The first-order valence-electron chi connectivity index (χ1n) is 8.07. The summed E-state index contributed by atoms with van der Waals surface area (Å²) in [6.45, 7) is 6.47. The molecule has 0 radical (unpaired) electrons. The number of fused-ring (bicyclic) bond motifs is 1. The molecule has 0 amide bonds. The topological polar surface area (TPSA) is 46.2 Å². The standard InChI is InChI=1S/C20H22O5/c1-5-8-23-17-11-20-19(24-12-25-20)10-15(17)13(2)14-6-7-16(21-3)18(9-14)22-4/h5-7,9-11,13H,1,8,12H2,2-4H3/t13-/m0/s1. The van der Waals surface area contributed by atoms with Gasteiger partial charge in [0.05, 0.1) is 14.2 Å². The predicted molar refractivity (Wildman–Crippen MR) is 95.3 cm³/mol. The summed E-state index contributed by atoms with van der Waals surface area (Å²) in [7, 11) is 3.26. The molecular weight excluding hydrogens is 320 g/mol. The molecule has 0 aliphatic carbocycles. The lowest BCUT2D eigenvalue weighted by molar-refractivity contribution is 0.174. The highest BCUT2D eigenvalue weighted by molar-refractivity contribution is 5.55. The van der Waals surface area contributed by atoms with Gasteiger partial charge in [-0.05, 0) is 23.8 Å². The van der Waals surface area contributed by atoms with Gasteiger partial charge in [0, 0.05) is 17.5 Å². The molecule has 5 nitrogen and oxygen atoms in total. The van der Waals surface area contributed by atoms with Crippen LogP contribution in [0.1, 0.15) is 24.0 Å². The van der Waals surface area contributed by atoms with E-state index in [0.717, 1.165) is 22.6 Å². The Bertz CT molecular complexity index is 769. The molecule has 25 heavy (non-hydrogen) atoms. The molecule has 0 saturated carbocycles. The van der Waals surface area contributed by atoms with Crippen LogP contribution in [-0.2, 0) is 0 Å². The van der Waals surface area contributed by atoms with E-state index in [-0.39, 0.29) is 12.7 Å². The molecule has 1 heterocycles. The van der Waals surface area contributed by atoms with Crippen molar-refractivity contribution in [3.63, 3.8) is 0 Å². The minimum Gasteiger partial charge on any atom is -0.493 e. The van der Waals surface area contributed by atoms with Crippen molar-refractivity contribution < 1.29 is 23.7 Å². The van der Waals surface area contributed by atoms with E-state index in [1.807, 2.05) is 30.3 Å². The van der Waals surface area contributed by atoms with Crippen LogP contribution in [0.25, 0.3) is 0 Å². The first-order chi connectivity index (χ1) is 12.2. The zero-order chi connectivity index (χ0) is 17.8. The summed E-state index contributed by atoms with van der Waals surface area (Å²) in [5.74, 6) is 3.64. The van der Waals surface area contributed by atoms with Crippen LogP contribution in [0.2, 0.25) is 0 Å². The molecule has 3 rings (SSSR count). The molecule has 0 saturated heterocycles. The van der Waals surface area contributed by atoms with Crippen LogP contribution in [-0.4, -0.2) is 27.6 Å². The van der Waals surface area contributed by atoms with E-state index in [2.05, 4.69) is 13.5 Å². The van der Waals surface area contributed by atoms with Crippen molar-refractivity contribution in [1.29, 1.82) is 0 Å². The van der Waals surface area contributed by atoms with E-state index in [0.29, 0.717) is 23.9 Å². The maximum Gasteiger partial charge on any atom is 0.231 e. The average molecular weight is 342 g/mol. The van der Waals surface area contributed by atoms with Gasteiger partial charge >= 0.3 is 0 Å². The second-order valence-corrected chi connectivity index (χ2v) is 5.68. The molecule has 1 aliphatic heterocycles. The molecule has 2 aromatic rings. The third-order valence-corrected chi connectivity index (χ3v) is 4.24. The fourth-order valence-electron chi connectivity index (χ4n) is 2.85. The van der Waals surface area contributed by atoms with Gasteiger partial charge in [0.2, 0.25) is 6.79 Å². The maximum atomic E-state index is 5.85. The number of rotatable bonds is 7. The van der Waals surface area contributed by atoms with Gasteiger partial charge in [-0.2, -0.15) is 0 Å². The molecule has 0 aromatic heterocycles. The molecule has 1 aliphatic rings. The lowest BCUT2D eigenvalue weighted by Crippen LogP contribution is -2.03. The SMILES string of the molecule is C=CCOc1cc2c(cc1[C@@H](C)c1ccc(OC)c(OC)c1)OCO2. The van der Waals surface area contributed by atoms with Crippen LogP contribution in [0, 0.1) is 0 Å². The van der Waals surface area contributed by atoms with Crippen LogP contribution in [0.4, 0.5) is 0 Å². The highest BCUT2D eigenvalue weighted by atomic mass is 16.7. The average Bonchev–Trinajstić information content (AvgIpc) is 3.11. The third kappa shape index (κ3) is 3.36. The van der Waals surface area contributed by atoms with Crippen molar-refractivity contribution in [3.05, 3.63) is 54.1 Å². The molecule has 1 atom stereocenters. The fraction of sp³-hybridized carbons (Fsp3) is 0.300. The summed E-state index contributed by atoms with van der Waals surface area (Å²) in [5.41, 5.74) is 2.10. The molecule has 0 bridgehead atoms. The van der Waals surface area contributed by atoms with Gasteiger partial charge in [-0.1, -0.05) is 25.6 Å². The van der Waals surface area contributed by atoms with Crippen molar-refractivity contribution in [3.8, 4) is 28.7 Å². The van der Waals surface area contributed by atoms with Crippen molar-refractivity contribution in [2.45, 2.75) is 12.8 Å². The van der Waals surface area contributed by atoms with Crippen molar-refractivity contribution in [1.82, 2.24) is 0 Å². The summed E-state index contributed by atoms with van der Waals surface area (Å²) < 4.78 is 27.6. The second kappa shape index (κ2) is 7.38. The molecule has 0 fully saturated rings. The summed E-state index contributed by atoms with van der Waals surface area (Å²) >= 11 is 0. The Labute approximate surface area is 147 Å². The van der Waals surface area contributed by atoms with Crippen molar-refractivity contribution >= 4 is 0 Å². The van der Waals surface area contributed by atoms with Gasteiger partial charge in [0.15, 0.2) is 23.0 Å². The van der Waals surface area contributed by atoms with Gasteiger partial charge in [0.25, 0.3) is 0 Å². The second-order valence-electron chi connectivity index (χ2n) is 5.68. The van der Waals surface area contributed by atoms with Gasteiger partial charge < -0.3 is 23.7 Å². The highest BCUT2D eigenvalue weighted by Gasteiger charge is 2.22. The van der Waals surface area contributed by atoms with E-state index < -0.39 is 0 Å². The summed E-state index contributed by atoms with van der Waals surface area (Å²) in [4.78, 5) is 0. The molecule has 132 valence electrons. The van der Waals surface area contributed by atoms with Crippen molar-refractivity contribution in [2.75, 3.05) is 27.6 Å². The molecule has 0 unspecified atom stereocenters. The Hall–Kier alpha value is -2.82. The van der Waals surface area contributed by atoms with Gasteiger partial charge in [-0.15, -0.1) is 0 Å². The lowest BCUT2D eigenvalue weighted by atomic mass is 9.91. The van der Waals surface area contributed by atoms with Crippen LogP contribution in [0.5, 0.6) is 28.7 Å². The van der Waals surface area contributed by atoms with Crippen LogP contribution >= 0.6 is 0 Å². The smallest absolute Gasteiger partial charge is 0.231 e. The van der Waals surface area contributed by atoms with Crippen molar-refractivity contribution in [2.24, 2.45) is 0 Å². The third-order valence-electron chi connectivity index (χ3n) is 4.24. The van der Waals surface area contributed by atoms with E-state index in [1.54, 1.807) is 20.3 Å². The van der Waals surface area contributed by atoms with E-state index in [9.17, 15) is 0 Å². The molecule has 2 aromatic carbocycles. The minimum atomic E-state index is 0.0640. The Morgan fingerprint density at radius 2 is 1.76 bits per heavy atom. The Morgan fingerprint density at radius 3 is 2.44 bits per heavy atom. The maximum absolute atomic E-state index is 5.85. The minimum absolute atomic E-state index is 0.0640. The number of hydrogen-bond acceptors (Lipinski definition) is 5. The number of benzene rings is 2. The Kier molecular flexibility index (Phi) is 5.03. The van der Waals surface area contributed by atoms with Crippen LogP contribution < -0.4 is 23.7 Å². The summed E-state index contributed by atoms with van der Waals surface area (Å²) in [6.07, 6.45) is 1.72. The first kappa shape index (κ1) is 17.0. The van der Waals surface area contributed by atoms with E-state index in [1.165, 1.54) is 0 Å². The molecule has 0 spiro atoms. The summed E-state index contributed by atoms with van der Waals surface area (Å²) in [5, 5.41) is 0. The number of ether oxygens (including phenoxy) is 5. The Morgan fingerprint density at radius 1 is 1.04 bits per heavy atom. The number of methoxy groups -OCH3 is 2. The van der Waals surface area contributed by atoms with E-state index >= 15 is 0 Å². The van der Waals surface area contributed by atoms with Gasteiger partial charge in [-0.3, -0.25) is 0 Å². The lowest BCUT2D eigenvalue weighted by Gasteiger charge is -2.19. The largest absolute Gasteiger partial charge is 0.493 e. The van der Waals surface area contributed by atoms with Gasteiger partial charge in [-0.25, -0.2) is 0 Å². The number of hydrogen-bond donors (Lipinski definition) is 0. The molecular formula is C20H22O5. The first-order valence-corrected chi connectivity index (χ1v) is 8.07. The van der Waals surface area contributed by atoms with Crippen LogP contribution in [0.15, 0.2) is 43.0 Å². The fourth-order valence-corrected chi connectivity index (χ4v) is 2.85.